The van der Waals surface area contributed by atoms with E-state index in [0.717, 1.165) is 12.0 Å². The maximum absolute atomic E-state index is 13.0. The van der Waals surface area contributed by atoms with Crippen LogP contribution in [0.2, 0.25) is 0 Å². The van der Waals surface area contributed by atoms with Crippen molar-refractivity contribution < 1.29 is 23.9 Å². The van der Waals surface area contributed by atoms with Crippen molar-refractivity contribution in [1.82, 2.24) is 20.1 Å². The average molecular weight is 410 g/mol. The van der Waals surface area contributed by atoms with E-state index in [-0.39, 0.29) is 18.5 Å². The molecule has 2 aromatic rings. The summed E-state index contributed by atoms with van der Waals surface area (Å²) in [5.74, 6) is -0.0588. The number of benzene rings is 1. The zero-order valence-electron chi connectivity index (χ0n) is 16.5. The largest absolute Gasteiger partial charge is 0.497 e. The third-order valence-electron chi connectivity index (χ3n) is 6.10. The Labute approximate surface area is 172 Å². The number of urea groups is 1. The number of methoxy groups -OCH3 is 1. The van der Waals surface area contributed by atoms with Gasteiger partial charge in [0.1, 0.15) is 5.75 Å². The second kappa shape index (κ2) is 6.88. The van der Waals surface area contributed by atoms with Crippen molar-refractivity contribution in [1.29, 1.82) is 0 Å². The van der Waals surface area contributed by atoms with Crippen molar-refractivity contribution in [3.05, 3.63) is 53.3 Å². The lowest BCUT2D eigenvalue weighted by molar-refractivity contribution is -0.124. The van der Waals surface area contributed by atoms with E-state index < -0.39 is 17.5 Å². The van der Waals surface area contributed by atoms with E-state index in [1.54, 1.807) is 24.1 Å². The summed E-state index contributed by atoms with van der Waals surface area (Å²) in [5, 5.41) is 5.10. The predicted molar refractivity (Wildman–Crippen MR) is 105 cm³/mol. The number of fused-ring (bicyclic) bond motifs is 1. The summed E-state index contributed by atoms with van der Waals surface area (Å²) in [6.07, 6.45) is 4.64. The first kappa shape index (κ1) is 18.7. The molecule has 2 N–H and O–H groups in total. The van der Waals surface area contributed by atoms with Gasteiger partial charge >= 0.3 is 6.03 Å². The van der Waals surface area contributed by atoms with Crippen LogP contribution in [-0.4, -0.2) is 54.2 Å². The fourth-order valence-electron chi connectivity index (χ4n) is 4.43. The molecule has 2 fully saturated rings. The van der Waals surface area contributed by atoms with Gasteiger partial charge in [0.2, 0.25) is 0 Å². The molecule has 0 radical (unpaired) electrons. The van der Waals surface area contributed by atoms with Crippen LogP contribution in [0.25, 0.3) is 0 Å². The van der Waals surface area contributed by atoms with Crippen LogP contribution in [0.1, 0.15) is 33.9 Å². The number of imide groups is 1. The zero-order valence-corrected chi connectivity index (χ0v) is 16.5. The summed E-state index contributed by atoms with van der Waals surface area (Å²) in [4.78, 5) is 39.6. The second-order valence-electron chi connectivity index (χ2n) is 7.86. The molecule has 1 aromatic heterocycles. The molecule has 4 amide bonds. The van der Waals surface area contributed by atoms with Gasteiger partial charge in [-0.05, 0) is 30.2 Å². The van der Waals surface area contributed by atoms with Crippen LogP contribution in [0, 0.1) is 0 Å². The van der Waals surface area contributed by atoms with Gasteiger partial charge in [-0.3, -0.25) is 14.9 Å². The normalized spacial score (nSPS) is 25.4. The SMILES string of the molecule is COc1ccc2c(c1)C(=O)N(C[C@@]1(c3ccn([C@H]4CCOC4)c3)NC(=O)NC1=O)C2. The van der Waals surface area contributed by atoms with Gasteiger partial charge < -0.3 is 24.3 Å². The Morgan fingerprint density at radius 3 is 2.83 bits per heavy atom. The quantitative estimate of drug-likeness (QED) is 0.720. The van der Waals surface area contributed by atoms with Crippen molar-refractivity contribution in [2.75, 3.05) is 26.9 Å². The van der Waals surface area contributed by atoms with Crippen molar-refractivity contribution in [2.45, 2.75) is 24.5 Å². The van der Waals surface area contributed by atoms with Gasteiger partial charge in [-0.15, -0.1) is 0 Å². The van der Waals surface area contributed by atoms with Gasteiger partial charge in [-0.1, -0.05) is 6.07 Å². The molecule has 0 aliphatic carbocycles. The number of ether oxygens (including phenoxy) is 2. The van der Waals surface area contributed by atoms with E-state index in [1.807, 2.05) is 29.1 Å². The van der Waals surface area contributed by atoms with Gasteiger partial charge in [0.25, 0.3) is 11.8 Å². The van der Waals surface area contributed by atoms with Crippen LogP contribution in [0.15, 0.2) is 36.7 Å². The highest BCUT2D eigenvalue weighted by Gasteiger charge is 2.51. The number of rotatable bonds is 5. The summed E-state index contributed by atoms with van der Waals surface area (Å²) in [6, 6.07) is 6.81. The van der Waals surface area contributed by atoms with E-state index in [1.165, 1.54) is 0 Å². The minimum Gasteiger partial charge on any atom is -0.497 e. The number of nitrogens with one attached hydrogen (secondary N) is 2. The van der Waals surface area contributed by atoms with E-state index in [9.17, 15) is 14.4 Å². The van der Waals surface area contributed by atoms with Gasteiger partial charge in [-0.2, -0.15) is 0 Å². The molecule has 0 unspecified atom stereocenters. The first-order valence-electron chi connectivity index (χ1n) is 9.86. The summed E-state index contributed by atoms with van der Waals surface area (Å²) in [6.45, 7) is 1.71. The second-order valence-corrected chi connectivity index (χ2v) is 7.86. The number of carbonyl (C=O) groups is 3. The number of amides is 4. The summed E-state index contributed by atoms with van der Waals surface area (Å²) < 4.78 is 12.7. The fourth-order valence-corrected chi connectivity index (χ4v) is 4.43. The molecule has 3 aliphatic heterocycles. The third-order valence-corrected chi connectivity index (χ3v) is 6.10. The number of hydrogen-bond acceptors (Lipinski definition) is 5. The van der Waals surface area contributed by atoms with Crippen LogP contribution in [0.5, 0.6) is 5.75 Å². The van der Waals surface area contributed by atoms with Crippen LogP contribution >= 0.6 is 0 Å². The maximum atomic E-state index is 13.0. The molecule has 5 rings (SSSR count). The van der Waals surface area contributed by atoms with E-state index >= 15 is 0 Å². The molecule has 30 heavy (non-hydrogen) atoms. The predicted octanol–water partition coefficient (Wildman–Crippen LogP) is 1.15. The summed E-state index contributed by atoms with van der Waals surface area (Å²) >= 11 is 0. The molecule has 0 bridgehead atoms. The first-order valence-corrected chi connectivity index (χ1v) is 9.86. The molecule has 0 spiro atoms. The number of nitrogens with zero attached hydrogens (tertiary/aromatic N) is 2. The van der Waals surface area contributed by atoms with E-state index in [4.69, 9.17) is 9.47 Å². The highest BCUT2D eigenvalue weighted by molar-refractivity contribution is 6.08. The lowest BCUT2D eigenvalue weighted by atomic mass is 9.91. The molecular weight excluding hydrogens is 388 g/mol. The minimum absolute atomic E-state index is 0.0333. The minimum atomic E-state index is -1.34. The first-order chi connectivity index (χ1) is 14.5. The molecule has 2 saturated heterocycles. The molecule has 156 valence electrons. The number of carbonyl (C=O) groups excluding carboxylic acids is 3. The molecular formula is C21H22N4O5. The van der Waals surface area contributed by atoms with Crippen LogP contribution in [-0.2, 0) is 21.6 Å². The highest BCUT2D eigenvalue weighted by Crippen LogP contribution is 2.33. The van der Waals surface area contributed by atoms with Crippen molar-refractivity contribution in [3.63, 3.8) is 0 Å². The van der Waals surface area contributed by atoms with Crippen molar-refractivity contribution >= 4 is 17.8 Å². The fraction of sp³-hybridized carbons (Fsp3) is 0.381. The van der Waals surface area contributed by atoms with Gasteiger partial charge in [0.15, 0.2) is 5.54 Å². The van der Waals surface area contributed by atoms with Crippen molar-refractivity contribution in [2.24, 2.45) is 0 Å². The Morgan fingerprint density at radius 2 is 2.13 bits per heavy atom. The van der Waals surface area contributed by atoms with Crippen LogP contribution in [0.3, 0.4) is 0 Å². The van der Waals surface area contributed by atoms with E-state index in [0.29, 0.717) is 36.6 Å². The Bertz CT molecular complexity index is 1040. The number of hydrogen-bond donors (Lipinski definition) is 2. The van der Waals surface area contributed by atoms with Gasteiger partial charge in [0.05, 0.1) is 26.3 Å². The molecule has 1 aromatic carbocycles. The molecule has 4 heterocycles. The molecule has 3 aliphatic rings. The topological polar surface area (TPSA) is 102 Å². The Balaban J connectivity index is 1.47. The summed E-state index contributed by atoms with van der Waals surface area (Å²) in [7, 11) is 1.55. The maximum Gasteiger partial charge on any atom is 0.322 e. The molecule has 9 heteroatoms. The third kappa shape index (κ3) is 2.85. The van der Waals surface area contributed by atoms with Crippen LogP contribution < -0.4 is 15.4 Å². The zero-order chi connectivity index (χ0) is 20.9. The van der Waals surface area contributed by atoms with Gasteiger partial charge in [-0.25, -0.2) is 4.79 Å². The molecule has 2 atom stereocenters. The Hall–Kier alpha value is -3.33. The van der Waals surface area contributed by atoms with Crippen molar-refractivity contribution in [3.8, 4) is 5.75 Å². The average Bonchev–Trinajstić information content (AvgIpc) is 3.51. The Kier molecular flexibility index (Phi) is 4.28. The lowest BCUT2D eigenvalue weighted by Gasteiger charge is -2.30. The van der Waals surface area contributed by atoms with E-state index in [2.05, 4.69) is 10.6 Å². The lowest BCUT2D eigenvalue weighted by Crippen LogP contribution is -2.52. The molecule has 9 nitrogen and oxygen atoms in total. The van der Waals surface area contributed by atoms with Gasteiger partial charge in [0, 0.05) is 36.7 Å². The smallest absolute Gasteiger partial charge is 0.322 e. The number of aromatic nitrogens is 1. The standard InChI is InChI=1S/C21H22N4O5/c1-29-16-3-2-13-9-25(18(26)17(13)8-16)12-21(19(27)22-20(28)23-21)14-4-6-24(10-14)15-5-7-30-11-15/h2-4,6,8,10,15H,5,7,9,11-12H2,1H3,(H2,22,23,27,28)/t15-,21-/m0/s1. The molecule has 0 saturated carbocycles. The monoisotopic (exact) mass is 410 g/mol. The highest BCUT2D eigenvalue weighted by atomic mass is 16.5. The summed E-state index contributed by atoms with van der Waals surface area (Å²) in [5.41, 5.74) is 0.708. The van der Waals surface area contributed by atoms with Crippen LogP contribution in [0.4, 0.5) is 4.79 Å². The Morgan fingerprint density at radius 1 is 1.27 bits per heavy atom.